The van der Waals surface area contributed by atoms with Crippen molar-refractivity contribution in [3.05, 3.63) is 130 Å². The molecule has 1 N–H and O–H groups in total. The van der Waals surface area contributed by atoms with E-state index in [1.165, 1.54) is 52.3 Å². The molecule has 0 bridgehead atoms. The van der Waals surface area contributed by atoms with E-state index in [9.17, 15) is 14.0 Å². The minimum Gasteiger partial charge on any atom is -0.453 e. The van der Waals surface area contributed by atoms with Gasteiger partial charge in [-0.1, -0.05) is 6.07 Å². The number of aryl methyl sites for hydroxylation is 1. The summed E-state index contributed by atoms with van der Waals surface area (Å²) >= 11 is 1.46. The number of carbonyl (C=O) groups excluding carboxylic acids is 1. The van der Waals surface area contributed by atoms with E-state index >= 15 is 4.39 Å². The summed E-state index contributed by atoms with van der Waals surface area (Å²) in [5, 5.41) is 2.70. The van der Waals surface area contributed by atoms with Crippen LogP contribution in [0.15, 0.2) is 90.1 Å². The second kappa shape index (κ2) is 13.5. The van der Waals surface area contributed by atoms with Crippen molar-refractivity contribution in [1.29, 1.82) is 0 Å². The van der Waals surface area contributed by atoms with Gasteiger partial charge in [-0.3, -0.25) is 29.0 Å². The molecule has 1 aliphatic carbocycles. The number of ether oxygens (including phenoxy) is 2. The van der Waals surface area contributed by atoms with Gasteiger partial charge in [-0.2, -0.15) is 0 Å². The Morgan fingerprint density at radius 3 is 2.58 bits per heavy atom. The fraction of sp³-hybridized carbons (Fsp3) is 0.211. The van der Waals surface area contributed by atoms with Crippen LogP contribution < -0.4 is 15.6 Å². The Hall–Kier alpha value is -5.30. The van der Waals surface area contributed by atoms with Crippen molar-refractivity contribution in [2.24, 2.45) is 0 Å². The lowest BCUT2D eigenvalue weighted by molar-refractivity contribution is 0.0341. The van der Waals surface area contributed by atoms with Crippen LogP contribution in [-0.4, -0.2) is 51.6 Å². The van der Waals surface area contributed by atoms with Gasteiger partial charge in [-0.05, 0) is 84.5 Å². The first-order valence-corrected chi connectivity index (χ1v) is 17.2. The molecule has 6 aromatic rings. The number of thiophene rings is 1. The third kappa shape index (κ3) is 6.40. The zero-order valence-electron chi connectivity index (χ0n) is 26.8. The lowest BCUT2D eigenvalue weighted by atomic mass is 10.0. The van der Waals surface area contributed by atoms with E-state index < -0.39 is 23.1 Å². The van der Waals surface area contributed by atoms with E-state index in [-0.39, 0.29) is 17.0 Å². The number of morpholine rings is 1. The molecule has 50 heavy (non-hydrogen) atoms. The maximum absolute atomic E-state index is 15.5. The summed E-state index contributed by atoms with van der Waals surface area (Å²) in [6.07, 6.45) is 7.31. The number of fused-ring (bicyclic) bond motifs is 2. The number of benzene rings is 2. The van der Waals surface area contributed by atoms with E-state index in [1.807, 2.05) is 18.3 Å². The van der Waals surface area contributed by atoms with Crippen molar-refractivity contribution in [3.63, 3.8) is 0 Å². The summed E-state index contributed by atoms with van der Waals surface area (Å²) < 4.78 is 42.6. The number of aromatic nitrogens is 3. The molecule has 4 aromatic heterocycles. The smallest absolute Gasteiger partial charge is 0.268 e. The van der Waals surface area contributed by atoms with Crippen LogP contribution in [-0.2, 0) is 24.1 Å². The monoisotopic (exact) mass is 691 g/mol. The third-order valence-electron chi connectivity index (χ3n) is 8.98. The van der Waals surface area contributed by atoms with Gasteiger partial charge in [-0.15, -0.1) is 11.3 Å². The normalized spacial score (nSPS) is 14.5. The van der Waals surface area contributed by atoms with Gasteiger partial charge in [0.05, 0.1) is 34.0 Å². The number of carbonyl (C=O) groups is 1. The lowest BCUT2D eigenvalue weighted by Crippen LogP contribution is -2.35. The van der Waals surface area contributed by atoms with Crippen molar-refractivity contribution < 1.29 is 23.0 Å². The van der Waals surface area contributed by atoms with E-state index in [0.29, 0.717) is 35.4 Å². The summed E-state index contributed by atoms with van der Waals surface area (Å²) in [6, 6.07) is 17.3. The SMILES string of the molecule is O=C(Nc1ccc(Oc2ccnc3cc(-c4ccc(CN5CCOCC5)cn4)sc23)c(F)c1)c1c2c(cn(-c3ccc(F)cc3)c1=O)CCC2. The zero-order chi connectivity index (χ0) is 34.2. The predicted octanol–water partition coefficient (Wildman–Crippen LogP) is 7.15. The lowest BCUT2D eigenvalue weighted by Gasteiger charge is -2.26. The number of nitrogens with one attached hydrogen (secondary N) is 1. The topological polar surface area (TPSA) is 98.6 Å². The van der Waals surface area contributed by atoms with Crippen molar-refractivity contribution >= 4 is 33.1 Å². The van der Waals surface area contributed by atoms with Crippen LogP contribution in [0.2, 0.25) is 0 Å². The van der Waals surface area contributed by atoms with E-state index in [0.717, 1.165) is 71.7 Å². The maximum Gasteiger partial charge on any atom is 0.268 e. The molecule has 1 fully saturated rings. The molecule has 12 heteroatoms. The Labute approximate surface area is 289 Å². The molecule has 1 aliphatic heterocycles. The first-order valence-electron chi connectivity index (χ1n) is 16.4. The van der Waals surface area contributed by atoms with Crippen molar-refractivity contribution in [3.8, 4) is 27.8 Å². The Morgan fingerprint density at radius 1 is 0.960 bits per heavy atom. The summed E-state index contributed by atoms with van der Waals surface area (Å²) in [6.45, 7) is 4.12. The van der Waals surface area contributed by atoms with Crippen LogP contribution in [0.25, 0.3) is 26.5 Å². The highest BCUT2D eigenvalue weighted by Crippen LogP contribution is 2.39. The predicted molar refractivity (Wildman–Crippen MR) is 187 cm³/mol. The van der Waals surface area contributed by atoms with Gasteiger partial charge in [0.2, 0.25) is 0 Å². The zero-order valence-corrected chi connectivity index (χ0v) is 27.6. The van der Waals surface area contributed by atoms with Gasteiger partial charge in [0.25, 0.3) is 11.5 Å². The Bertz CT molecular complexity index is 2280. The standard InChI is InChI=1S/C38H31F2N5O4S/c39-25-5-8-27(9-6-25)45-22-24-2-1-3-28(24)35(38(45)47)37(46)43-26-7-11-32(29(40)18-26)49-33-12-13-41-31-19-34(50-36(31)33)30-10-4-23(20-42-30)21-44-14-16-48-17-15-44/h4-13,18-20,22H,1-3,14-17,21H2,(H,43,46). The van der Waals surface area contributed by atoms with E-state index in [1.54, 1.807) is 18.5 Å². The van der Waals surface area contributed by atoms with Gasteiger partial charge < -0.3 is 14.8 Å². The Kier molecular flexibility index (Phi) is 8.65. The average Bonchev–Trinajstić information content (AvgIpc) is 3.78. The Morgan fingerprint density at radius 2 is 1.80 bits per heavy atom. The highest BCUT2D eigenvalue weighted by atomic mass is 32.1. The quantitative estimate of drug-likeness (QED) is 0.181. The van der Waals surface area contributed by atoms with Gasteiger partial charge >= 0.3 is 0 Å². The molecule has 0 saturated carbocycles. The van der Waals surface area contributed by atoms with Crippen LogP contribution in [0.3, 0.4) is 0 Å². The van der Waals surface area contributed by atoms with Crippen LogP contribution in [0.5, 0.6) is 11.5 Å². The molecule has 0 spiro atoms. The fourth-order valence-corrected chi connectivity index (χ4v) is 7.51. The molecule has 0 atom stereocenters. The van der Waals surface area contributed by atoms with Crippen molar-refractivity contribution in [2.75, 3.05) is 31.6 Å². The summed E-state index contributed by atoms with van der Waals surface area (Å²) in [4.78, 5) is 39.5. The highest BCUT2D eigenvalue weighted by molar-refractivity contribution is 7.22. The minimum atomic E-state index is -0.691. The number of rotatable bonds is 8. The largest absolute Gasteiger partial charge is 0.453 e. The van der Waals surface area contributed by atoms with Crippen molar-refractivity contribution in [2.45, 2.75) is 25.8 Å². The summed E-state index contributed by atoms with van der Waals surface area (Å²) in [7, 11) is 0. The summed E-state index contributed by atoms with van der Waals surface area (Å²) in [5.74, 6) is -1.35. The average molecular weight is 692 g/mol. The number of hydrogen-bond donors (Lipinski definition) is 1. The molecular formula is C38H31F2N5O4S. The van der Waals surface area contributed by atoms with Gasteiger partial charge in [0.1, 0.15) is 17.1 Å². The molecule has 9 nitrogen and oxygen atoms in total. The fourth-order valence-electron chi connectivity index (χ4n) is 6.46. The molecule has 5 heterocycles. The van der Waals surface area contributed by atoms with Crippen LogP contribution >= 0.6 is 11.3 Å². The molecule has 2 aliphatic rings. The number of nitrogens with zero attached hydrogens (tertiary/aromatic N) is 4. The molecule has 252 valence electrons. The number of anilines is 1. The molecule has 1 amide bonds. The second-order valence-electron chi connectivity index (χ2n) is 12.3. The number of amides is 1. The second-order valence-corrected chi connectivity index (χ2v) is 13.3. The molecule has 8 rings (SSSR count). The van der Waals surface area contributed by atoms with Crippen molar-refractivity contribution in [1.82, 2.24) is 19.4 Å². The molecule has 2 aromatic carbocycles. The first kappa shape index (κ1) is 31.9. The first-order chi connectivity index (χ1) is 24.4. The van der Waals surface area contributed by atoms with Gasteiger partial charge in [0.15, 0.2) is 11.6 Å². The number of hydrogen-bond acceptors (Lipinski definition) is 8. The van der Waals surface area contributed by atoms with E-state index in [4.69, 9.17) is 14.5 Å². The van der Waals surface area contributed by atoms with E-state index in [2.05, 4.69) is 21.3 Å². The van der Waals surface area contributed by atoms with Gasteiger partial charge in [0, 0.05) is 61.7 Å². The van der Waals surface area contributed by atoms with Crippen LogP contribution in [0.4, 0.5) is 14.5 Å². The highest BCUT2D eigenvalue weighted by Gasteiger charge is 2.26. The number of halogens is 2. The van der Waals surface area contributed by atoms with Crippen LogP contribution in [0.1, 0.15) is 33.5 Å². The summed E-state index contributed by atoms with van der Waals surface area (Å²) in [5.41, 5.74) is 4.30. The molecule has 0 unspecified atom stereocenters. The maximum atomic E-state index is 15.5. The van der Waals surface area contributed by atoms with Gasteiger partial charge in [-0.25, -0.2) is 8.78 Å². The molecule has 1 saturated heterocycles. The van der Waals surface area contributed by atoms with Crippen LogP contribution in [0, 0.1) is 11.6 Å². The Balaban J connectivity index is 1.00. The molecule has 0 radical (unpaired) electrons. The minimum absolute atomic E-state index is 0.000955. The number of pyridine rings is 3. The third-order valence-corrected chi connectivity index (χ3v) is 10.1. The molecular weight excluding hydrogens is 661 g/mol.